The van der Waals surface area contributed by atoms with Crippen molar-refractivity contribution in [2.45, 2.75) is 19.5 Å². The van der Waals surface area contributed by atoms with Crippen LogP contribution in [0.4, 0.5) is 13.2 Å². The third-order valence-corrected chi connectivity index (χ3v) is 3.54. The second kappa shape index (κ2) is 7.00. The van der Waals surface area contributed by atoms with Crippen LogP contribution in [0.15, 0.2) is 36.5 Å². The molecule has 1 saturated heterocycles. The van der Waals surface area contributed by atoms with Crippen LogP contribution in [-0.4, -0.2) is 17.6 Å². The summed E-state index contributed by atoms with van der Waals surface area (Å²) in [5.41, 5.74) is 1.33. The molecule has 0 aliphatic carbocycles. The summed E-state index contributed by atoms with van der Waals surface area (Å²) in [6.45, 7) is 2.47. The molecule has 2 heterocycles. The first kappa shape index (κ1) is 17.3. The number of halogens is 4. The van der Waals surface area contributed by atoms with Gasteiger partial charge in [-0.3, -0.25) is 9.78 Å². The standard InChI is InChI=1S/C13H9ClF3N.C3H4O2/c1-8-6-9(2-4-11(8)14)12-5-3-10(7-18-12)13(15,16)17;4-3-1-2-5-3/h2-7H,1H3;1-2H2. The van der Waals surface area contributed by atoms with Crippen LogP contribution in [0.25, 0.3) is 11.3 Å². The van der Waals surface area contributed by atoms with Crippen LogP contribution in [0, 0.1) is 6.92 Å². The second-order valence-corrected chi connectivity index (χ2v) is 5.27. The number of cyclic esters (lactones) is 1. The molecule has 0 bridgehead atoms. The lowest BCUT2D eigenvalue weighted by Crippen LogP contribution is -2.18. The molecule has 3 rings (SSSR count). The van der Waals surface area contributed by atoms with Gasteiger partial charge in [0.15, 0.2) is 0 Å². The molecule has 2 aromatic rings. The highest BCUT2D eigenvalue weighted by atomic mass is 35.5. The Balaban J connectivity index is 0.000000326. The average Bonchev–Trinajstić information content (AvgIpc) is 2.48. The summed E-state index contributed by atoms with van der Waals surface area (Å²) in [5, 5.41) is 0.616. The van der Waals surface area contributed by atoms with Crippen LogP contribution in [0.5, 0.6) is 0 Å². The zero-order chi connectivity index (χ0) is 17.0. The average molecular weight is 344 g/mol. The molecule has 0 amide bonds. The normalized spacial score (nSPS) is 13.5. The van der Waals surface area contributed by atoms with E-state index in [9.17, 15) is 18.0 Å². The van der Waals surface area contributed by atoms with Gasteiger partial charge in [-0.15, -0.1) is 0 Å². The molecule has 23 heavy (non-hydrogen) atoms. The van der Waals surface area contributed by atoms with E-state index in [4.69, 9.17) is 11.6 Å². The topological polar surface area (TPSA) is 39.2 Å². The number of hydrogen-bond donors (Lipinski definition) is 0. The van der Waals surface area contributed by atoms with Crippen molar-refractivity contribution in [3.63, 3.8) is 0 Å². The quantitative estimate of drug-likeness (QED) is 0.707. The number of hydrogen-bond acceptors (Lipinski definition) is 3. The molecule has 0 unspecified atom stereocenters. The third kappa shape index (κ3) is 4.69. The fourth-order valence-corrected chi connectivity index (χ4v) is 1.84. The van der Waals surface area contributed by atoms with Gasteiger partial charge >= 0.3 is 12.1 Å². The van der Waals surface area contributed by atoms with E-state index in [1.54, 1.807) is 18.2 Å². The van der Waals surface area contributed by atoms with Crippen molar-refractivity contribution in [3.05, 3.63) is 52.7 Å². The van der Waals surface area contributed by atoms with Crippen LogP contribution in [0.2, 0.25) is 5.02 Å². The minimum Gasteiger partial charge on any atom is -0.465 e. The van der Waals surface area contributed by atoms with E-state index in [0.29, 0.717) is 23.7 Å². The molecule has 0 radical (unpaired) electrons. The van der Waals surface area contributed by atoms with Crippen molar-refractivity contribution in [3.8, 4) is 11.3 Å². The fourth-order valence-electron chi connectivity index (χ4n) is 1.72. The Bertz CT molecular complexity index is 693. The Morgan fingerprint density at radius 2 is 1.87 bits per heavy atom. The highest BCUT2D eigenvalue weighted by molar-refractivity contribution is 6.31. The summed E-state index contributed by atoms with van der Waals surface area (Å²) in [7, 11) is 0. The van der Waals surface area contributed by atoms with E-state index in [2.05, 4.69) is 9.72 Å². The van der Waals surface area contributed by atoms with Crippen molar-refractivity contribution in [1.82, 2.24) is 4.98 Å². The molecule has 0 saturated carbocycles. The molecule has 1 fully saturated rings. The molecule has 7 heteroatoms. The summed E-state index contributed by atoms with van der Waals surface area (Å²) in [4.78, 5) is 13.5. The number of rotatable bonds is 1. The highest BCUT2D eigenvalue weighted by Crippen LogP contribution is 2.30. The van der Waals surface area contributed by atoms with Gasteiger partial charge < -0.3 is 4.74 Å². The monoisotopic (exact) mass is 343 g/mol. The van der Waals surface area contributed by atoms with Gasteiger partial charge in [-0.2, -0.15) is 13.2 Å². The van der Waals surface area contributed by atoms with E-state index in [1.807, 2.05) is 6.92 Å². The number of pyridine rings is 1. The Kier molecular flexibility index (Phi) is 5.26. The van der Waals surface area contributed by atoms with Crippen molar-refractivity contribution < 1.29 is 22.7 Å². The van der Waals surface area contributed by atoms with E-state index in [1.165, 1.54) is 6.07 Å². The van der Waals surface area contributed by atoms with Gasteiger partial charge in [-0.25, -0.2) is 0 Å². The Hall–Kier alpha value is -2.08. The maximum atomic E-state index is 12.4. The summed E-state index contributed by atoms with van der Waals surface area (Å²) in [6, 6.07) is 7.59. The third-order valence-electron chi connectivity index (χ3n) is 3.11. The zero-order valence-corrected chi connectivity index (χ0v) is 12.9. The molecule has 1 aliphatic rings. The molecular weight excluding hydrogens is 331 g/mol. The predicted octanol–water partition coefficient (Wildman–Crippen LogP) is 4.66. The minimum absolute atomic E-state index is 0.0648. The smallest absolute Gasteiger partial charge is 0.417 e. The maximum Gasteiger partial charge on any atom is 0.417 e. The van der Waals surface area contributed by atoms with Crippen molar-refractivity contribution in [2.24, 2.45) is 0 Å². The Labute approximate surface area is 136 Å². The van der Waals surface area contributed by atoms with Crippen LogP contribution in [-0.2, 0) is 15.7 Å². The molecule has 0 atom stereocenters. The Morgan fingerprint density at radius 1 is 1.22 bits per heavy atom. The summed E-state index contributed by atoms with van der Waals surface area (Å²) < 4.78 is 41.4. The van der Waals surface area contributed by atoms with Gasteiger partial charge in [-0.1, -0.05) is 17.7 Å². The van der Waals surface area contributed by atoms with E-state index in [-0.39, 0.29) is 5.97 Å². The fraction of sp³-hybridized carbons (Fsp3) is 0.250. The van der Waals surface area contributed by atoms with Gasteiger partial charge in [0.1, 0.15) is 6.61 Å². The number of aryl methyl sites for hydroxylation is 1. The summed E-state index contributed by atoms with van der Waals surface area (Å²) in [6.07, 6.45) is -2.90. The maximum absolute atomic E-state index is 12.4. The largest absolute Gasteiger partial charge is 0.465 e. The zero-order valence-electron chi connectivity index (χ0n) is 12.2. The molecule has 1 aromatic carbocycles. The number of benzene rings is 1. The van der Waals surface area contributed by atoms with Gasteiger partial charge in [-0.05, 0) is 36.8 Å². The van der Waals surface area contributed by atoms with Gasteiger partial charge in [0.25, 0.3) is 0 Å². The first-order chi connectivity index (χ1) is 10.8. The second-order valence-electron chi connectivity index (χ2n) is 4.86. The van der Waals surface area contributed by atoms with Crippen molar-refractivity contribution in [1.29, 1.82) is 0 Å². The number of ether oxygens (including phenoxy) is 1. The number of carbonyl (C=O) groups is 1. The molecule has 3 nitrogen and oxygen atoms in total. The van der Waals surface area contributed by atoms with Crippen molar-refractivity contribution >= 4 is 17.6 Å². The SMILES string of the molecule is Cc1cc(-c2ccc(C(F)(F)F)cn2)ccc1Cl.O=C1CCO1. The molecule has 0 spiro atoms. The van der Waals surface area contributed by atoms with Gasteiger partial charge in [0.2, 0.25) is 0 Å². The molecule has 0 N–H and O–H groups in total. The number of alkyl halides is 3. The first-order valence-electron chi connectivity index (χ1n) is 6.73. The molecular formula is C16H13ClF3NO2. The Morgan fingerprint density at radius 3 is 2.26 bits per heavy atom. The van der Waals surface area contributed by atoms with Gasteiger partial charge in [0.05, 0.1) is 17.7 Å². The van der Waals surface area contributed by atoms with Crippen molar-refractivity contribution in [2.75, 3.05) is 6.61 Å². The molecule has 1 aliphatic heterocycles. The number of carbonyl (C=O) groups excluding carboxylic acids is 1. The van der Waals surface area contributed by atoms with Crippen LogP contribution in [0.3, 0.4) is 0 Å². The first-order valence-corrected chi connectivity index (χ1v) is 7.10. The molecule has 122 valence electrons. The number of nitrogens with zero attached hydrogens (tertiary/aromatic N) is 1. The van der Waals surface area contributed by atoms with E-state index in [0.717, 1.165) is 23.4 Å². The highest BCUT2D eigenvalue weighted by Gasteiger charge is 2.30. The predicted molar refractivity (Wildman–Crippen MR) is 80.0 cm³/mol. The lowest BCUT2D eigenvalue weighted by Gasteiger charge is -2.09. The van der Waals surface area contributed by atoms with E-state index < -0.39 is 11.7 Å². The number of aromatic nitrogens is 1. The lowest BCUT2D eigenvalue weighted by atomic mass is 10.1. The minimum atomic E-state index is -4.36. The van der Waals surface area contributed by atoms with Crippen LogP contribution < -0.4 is 0 Å². The number of esters is 1. The summed E-state index contributed by atoms with van der Waals surface area (Å²) >= 11 is 5.88. The molecule has 1 aromatic heterocycles. The van der Waals surface area contributed by atoms with Gasteiger partial charge in [0, 0.05) is 16.8 Å². The van der Waals surface area contributed by atoms with Crippen LogP contribution >= 0.6 is 11.6 Å². The van der Waals surface area contributed by atoms with E-state index >= 15 is 0 Å². The summed E-state index contributed by atoms with van der Waals surface area (Å²) in [5.74, 6) is -0.0648. The van der Waals surface area contributed by atoms with Crippen LogP contribution in [0.1, 0.15) is 17.5 Å². The lowest BCUT2D eigenvalue weighted by molar-refractivity contribution is -0.157.